The van der Waals surface area contributed by atoms with E-state index in [0.29, 0.717) is 34.5 Å². The molecule has 2 unspecified atom stereocenters. The maximum atomic E-state index is 14.9. The largest absolute Gasteiger partial charge is 0.348 e. The SMILES string of the molecule is CC1(S(C)(=O)=O)CNCCN1C1Cn2c(=O)ncc3cc(Cl)c(-c4ccc(F)cc4F)c(c32)S1. The van der Waals surface area contributed by atoms with Gasteiger partial charge in [0.2, 0.25) is 0 Å². The zero-order chi connectivity index (χ0) is 24.4. The highest BCUT2D eigenvalue weighted by atomic mass is 35.5. The number of sulfone groups is 1. The van der Waals surface area contributed by atoms with Crippen LogP contribution in [0.4, 0.5) is 8.78 Å². The molecule has 3 heterocycles. The number of piperazine rings is 1. The van der Waals surface area contributed by atoms with Crippen LogP contribution in [0.1, 0.15) is 6.92 Å². The Labute approximate surface area is 204 Å². The van der Waals surface area contributed by atoms with Crippen LogP contribution in [-0.4, -0.2) is 59.0 Å². The van der Waals surface area contributed by atoms with E-state index in [-0.39, 0.29) is 23.7 Å². The van der Waals surface area contributed by atoms with Crippen molar-refractivity contribution in [3.05, 3.63) is 57.6 Å². The minimum absolute atomic E-state index is 0.0958. The van der Waals surface area contributed by atoms with Crippen LogP contribution in [0.25, 0.3) is 22.0 Å². The van der Waals surface area contributed by atoms with Crippen molar-refractivity contribution in [3.63, 3.8) is 0 Å². The van der Waals surface area contributed by atoms with Gasteiger partial charge in [-0.3, -0.25) is 9.47 Å². The first kappa shape index (κ1) is 23.7. The van der Waals surface area contributed by atoms with Gasteiger partial charge in [-0.15, -0.1) is 11.8 Å². The van der Waals surface area contributed by atoms with Crippen molar-refractivity contribution in [1.29, 1.82) is 0 Å². The molecule has 3 aromatic rings. The standard InChI is InChI=1S/C22H21ClF2N4O3S2/c1-22(34(2,31)32)11-26-5-6-29(22)17-10-28-19-12(9-27-21(28)30)7-15(23)18(20(19)33-17)14-4-3-13(24)8-16(14)25/h3-4,7-9,17,26H,5-6,10-11H2,1-2H3. The molecular weight excluding hydrogens is 506 g/mol. The van der Waals surface area contributed by atoms with Crippen molar-refractivity contribution >= 4 is 44.1 Å². The Balaban J connectivity index is 1.75. The molecular formula is C22H21ClF2N4O3S2. The van der Waals surface area contributed by atoms with Crippen molar-refractivity contribution in [3.8, 4) is 11.1 Å². The first-order valence-corrected chi connectivity index (χ1v) is 13.7. The summed E-state index contributed by atoms with van der Waals surface area (Å²) in [5.41, 5.74) is 0.471. The quantitative estimate of drug-likeness (QED) is 0.561. The summed E-state index contributed by atoms with van der Waals surface area (Å²) in [6.45, 7) is 3.07. The van der Waals surface area contributed by atoms with Gasteiger partial charge < -0.3 is 5.32 Å². The summed E-state index contributed by atoms with van der Waals surface area (Å²) in [7, 11) is -3.53. The van der Waals surface area contributed by atoms with Crippen LogP contribution >= 0.6 is 23.4 Å². The van der Waals surface area contributed by atoms with Crippen LogP contribution in [-0.2, 0) is 16.4 Å². The van der Waals surface area contributed by atoms with E-state index in [1.807, 2.05) is 4.90 Å². The van der Waals surface area contributed by atoms with E-state index in [2.05, 4.69) is 10.3 Å². The fraction of sp³-hybridized carbons (Fsp3) is 0.364. The molecule has 1 saturated heterocycles. The van der Waals surface area contributed by atoms with Crippen molar-refractivity contribution in [2.24, 2.45) is 0 Å². The van der Waals surface area contributed by atoms with Crippen LogP contribution in [0.3, 0.4) is 0 Å². The van der Waals surface area contributed by atoms with E-state index in [4.69, 9.17) is 11.6 Å². The molecule has 2 atom stereocenters. The molecule has 0 aliphatic carbocycles. The zero-order valence-electron chi connectivity index (χ0n) is 18.3. The molecule has 5 rings (SSSR count). The van der Waals surface area contributed by atoms with Crippen molar-refractivity contribution in [2.45, 2.75) is 28.6 Å². The van der Waals surface area contributed by atoms with Gasteiger partial charge in [0, 0.05) is 59.6 Å². The average Bonchev–Trinajstić information content (AvgIpc) is 2.76. The van der Waals surface area contributed by atoms with Gasteiger partial charge in [-0.05, 0) is 25.1 Å². The minimum atomic E-state index is -3.53. The highest BCUT2D eigenvalue weighted by Crippen LogP contribution is 2.48. The molecule has 0 bridgehead atoms. The molecule has 180 valence electrons. The summed E-state index contributed by atoms with van der Waals surface area (Å²) in [6.07, 6.45) is 2.61. The topological polar surface area (TPSA) is 84.3 Å². The first-order valence-electron chi connectivity index (χ1n) is 10.5. The Morgan fingerprint density at radius 2 is 2.06 bits per heavy atom. The van der Waals surface area contributed by atoms with E-state index in [0.717, 1.165) is 12.1 Å². The second-order valence-corrected chi connectivity index (χ2v) is 12.7. The van der Waals surface area contributed by atoms with Crippen molar-refractivity contribution in [2.75, 3.05) is 25.9 Å². The Morgan fingerprint density at radius 3 is 2.76 bits per heavy atom. The second-order valence-electron chi connectivity index (χ2n) is 8.67. The molecule has 2 aliphatic rings. The van der Waals surface area contributed by atoms with E-state index in [9.17, 15) is 22.0 Å². The highest BCUT2D eigenvalue weighted by Gasteiger charge is 2.48. The predicted molar refractivity (Wildman–Crippen MR) is 129 cm³/mol. The van der Waals surface area contributed by atoms with Crippen molar-refractivity contribution < 1.29 is 17.2 Å². The number of nitrogens with zero attached hydrogens (tertiary/aromatic N) is 3. The molecule has 34 heavy (non-hydrogen) atoms. The molecule has 7 nitrogen and oxygen atoms in total. The van der Waals surface area contributed by atoms with Gasteiger partial charge >= 0.3 is 5.69 Å². The van der Waals surface area contributed by atoms with Crippen LogP contribution in [0.15, 0.2) is 40.2 Å². The molecule has 2 aliphatic heterocycles. The number of aromatic nitrogens is 2. The van der Waals surface area contributed by atoms with Gasteiger partial charge in [-0.1, -0.05) is 11.6 Å². The fourth-order valence-electron chi connectivity index (χ4n) is 4.67. The van der Waals surface area contributed by atoms with E-state index in [1.165, 1.54) is 34.8 Å². The maximum Gasteiger partial charge on any atom is 0.348 e. The van der Waals surface area contributed by atoms with Crippen LogP contribution < -0.4 is 11.0 Å². The van der Waals surface area contributed by atoms with Gasteiger partial charge in [0.15, 0.2) is 9.84 Å². The third-order valence-corrected chi connectivity index (χ3v) is 10.2. The number of thioether (sulfide) groups is 1. The number of nitrogens with one attached hydrogen (secondary N) is 1. The lowest BCUT2D eigenvalue weighted by molar-refractivity contribution is 0.117. The van der Waals surface area contributed by atoms with E-state index >= 15 is 0 Å². The monoisotopic (exact) mass is 526 g/mol. The lowest BCUT2D eigenvalue weighted by Crippen LogP contribution is -2.66. The van der Waals surface area contributed by atoms with Crippen LogP contribution in [0, 0.1) is 11.6 Å². The van der Waals surface area contributed by atoms with Gasteiger partial charge in [0.1, 0.15) is 16.5 Å². The summed E-state index contributed by atoms with van der Waals surface area (Å²) in [5, 5.41) is 3.49. The average molecular weight is 527 g/mol. The summed E-state index contributed by atoms with van der Waals surface area (Å²) in [5.74, 6) is -1.51. The molecule has 1 N–H and O–H groups in total. The fourth-order valence-corrected chi connectivity index (χ4v) is 7.76. The first-order chi connectivity index (χ1) is 16.0. The number of hydrogen-bond acceptors (Lipinski definition) is 7. The second kappa shape index (κ2) is 8.27. The smallest absolute Gasteiger partial charge is 0.313 e. The summed E-state index contributed by atoms with van der Waals surface area (Å²) >= 11 is 7.94. The number of halogens is 3. The summed E-state index contributed by atoms with van der Waals surface area (Å²) in [4.78, 5) is 17.9. The van der Waals surface area contributed by atoms with Crippen LogP contribution in [0.2, 0.25) is 5.02 Å². The van der Waals surface area contributed by atoms with E-state index < -0.39 is 37.4 Å². The Morgan fingerprint density at radius 1 is 1.29 bits per heavy atom. The minimum Gasteiger partial charge on any atom is -0.313 e. The molecule has 2 aromatic carbocycles. The third-order valence-electron chi connectivity index (χ3n) is 6.58. The van der Waals surface area contributed by atoms with Gasteiger partial charge in [-0.25, -0.2) is 27.0 Å². The van der Waals surface area contributed by atoms with Gasteiger partial charge in [-0.2, -0.15) is 0 Å². The van der Waals surface area contributed by atoms with E-state index in [1.54, 1.807) is 13.0 Å². The lowest BCUT2D eigenvalue weighted by atomic mass is 10.0. The highest BCUT2D eigenvalue weighted by molar-refractivity contribution is 8.00. The Hall–Kier alpha value is -2.05. The maximum absolute atomic E-state index is 14.9. The lowest BCUT2D eigenvalue weighted by Gasteiger charge is -2.48. The third kappa shape index (κ3) is 3.65. The van der Waals surface area contributed by atoms with Gasteiger partial charge in [0.05, 0.1) is 22.5 Å². The summed E-state index contributed by atoms with van der Waals surface area (Å²) in [6, 6.07) is 4.85. The molecule has 1 fully saturated rings. The van der Waals surface area contributed by atoms with Crippen LogP contribution in [0.5, 0.6) is 0 Å². The van der Waals surface area contributed by atoms with Gasteiger partial charge in [0.25, 0.3) is 0 Å². The van der Waals surface area contributed by atoms with Crippen molar-refractivity contribution in [1.82, 2.24) is 19.8 Å². The molecule has 0 amide bonds. The zero-order valence-corrected chi connectivity index (χ0v) is 20.7. The summed E-state index contributed by atoms with van der Waals surface area (Å²) < 4.78 is 55.6. The molecule has 12 heteroatoms. The number of hydrogen-bond donors (Lipinski definition) is 1. The predicted octanol–water partition coefficient (Wildman–Crippen LogP) is 3.09. The number of rotatable bonds is 3. The molecule has 0 radical (unpaired) electrons. The molecule has 0 spiro atoms. The molecule has 0 saturated carbocycles. The Kier molecular flexibility index (Phi) is 5.76. The number of benzene rings is 2. The Bertz CT molecular complexity index is 1500. The molecule has 1 aromatic heterocycles. The normalized spacial score (nSPS) is 23.4.